The quantitative estimate of drug-likeness (QED) is 0.598. The van der Waals surface area contributed by atoms with E-state index in [1.54, 1.807) is 0 Å². The lowest BCUT2D eigenvalue weighted by molar-refractivity contribution is -0.128. The highest BCUT2D eigenvalue weighted by Gasteiger charge is 2.29. The van der Waals surface area contributed by atoms with Crippen LogP contribution in [0.3, 0.4) is 0 Å². The molecule has 6 nitrogen and oxygen atoms in total. The zero-order chi connectivity index (χ0) is 18.7. The zero-order valence-electron chi connectivity index (χ0n) is 15.0. The maximum atomic E-state index is 12.6. The minimum Gasteiger partial charge on any atom is -0.390 e. The average molecular weight is 424 g/mol. The normalized spacial score (nSPS) is 29.0. The van der Waals surface area contributed by atoms with Gasteiger partial charge in [0.15, 0.2) is 0 Å². The van der Waals surface area contributed by atoms with Crippen LogP contribution in [0.15, 0.2) is 22.7 Å². The molecule has 2 aliphatic rings. The first kappa shape index (κ1) is 19.2. The third-order valence-electron chi connectivity index (χ3n) is 5.21. The van der Waals surface area contributed by atoms with Crippen molar-refractivity contribution in [3.63, 3.8) is 0 Å². The molecule has 2 amide bonds. The number of piperidine rings is 1. The van der Waals surface area contributed by atoms with Gasteiger partial charge in [0, 0.05) is 16.9 Å². The summed E-state index contributed by atoms with van der Waals surface area (Å²) in [5.74, 6) is -0.260. The van der Waals surface area contributed by atoms with Gasteiger partial charge in [-0.1, -0.05) is 15.9 Å². The minimum atomic E-state index is -0.575. The Bertz CT molecular complexity index is 683. The molecule has 1 atom stereocenters. The second-order valence-electron chi connectivity index (χ2n) is 7.61. The fourth-order valence-electron chi connectivity index (χ4n) is 3.57. The van der Waals surface area contributed by atoms with E-state index < -0.39 is 11.6 Å². The number of carbonyl (C=O) groups excluding carboxylic acids is 2. The van der Waals surface area contributed by atoms with E-state index in [0.717, 1.165) is 42.3 Å². The topological polar surface area (TPSA) is 90.5 Å². The van der Waals surface area contributed by atoms with Crippen molar-refractivity contribution in [3.8, 4) is 0 Å². The molecule has 142 valence electrons. The van der Waals surface area contributed by atoms with E-state index in [2.05, 4.69) is 31.9 Å². The molecular formula is C19H26BrN3O3. The Morgan fingerprint density at radius 3 is 2.69 bits per heavy atom. The summed E-state index contributed by atoms with van der Waals surface area (Å²) in [5.41, 5.74) is 0.977. The van der Waals surface area contributed by atoms with Gasteiger partial charge in [0.1, 0.15) is 6.04 Å². The Morgan fingerprint density at radius 2 is 2.00 bits per heavy atom. The van der Waals surface area contributed by atoms with Crippen LogP contribution in [0.5, 0.6) is 0 Å². The number of halogens is 1. The summed E-state index contributed by atoms with van der Waals surface area (Å²) in [7, 11) is 0. The fraction of sp³-hybridized carbons (Fsp3) is 0.579. The molecule has 0 radical (unpaired) electrons. The van der Waals surface area contributed by atoms with Crippen molar-refractivity contribution >= 4 is 39.1 Å². The average Bonchev–Trinajstić information content (AvgIpc) is 2.59. The third-order valence-corrected chi connectivity index (χ3v) is 5.70. The maximum Gasteiger partial charge on any atom is 0.247 e. The second-order valence-corrected chi connectivity index (χ2v) is 8.52. The summed E-state index contributed by atoms with van der Waals surface area (Å²) in [6, 6.07) is 5.52. The van der Waals surface area contributed by atoms with Crippen molar-refractivity contribution in [2.24, 2.45) is 0 Å². The number of aliphatic hydroxyl groups is 1. The Balaban J connectivity index is 1.68. The number of rotatable bonds is 4. The molecule has 4 N–H and O–H groups in total. The molecule has 1 saturated heterocycles. The van der Waals surface area contributed by atoms with Gasteiger partial charge in [-0.2, -0.15) is 0 Å². The highest BCUT2D eigenvalue weighted by molar-refractivity contribution is 9.10. The summed E-state index contributed by atoms with van der Waals surface area (Å²) in [6.45, 7) is 1.88. The van der Waals surface area contributed by atoms with Crippen LogP contribution >= 0.6 is 15.9 Å². The van der Waals surface area contributed by atoms with Crippen LogP contribution in [-0.2, 0) is 9.59 Å². The van der Waals surface area contributed by atoms with Crippen LogP contribution in [0.4, 0.5) is 11.4 Å². The molecule has 1 aliphatic carbocycles. The molecule has 0 spiro atoms. The van der Waals surface area contributed by atoms with Gasteiger partial charge in [-0.05, 0) is 63.6 Å². The number of benzene rings is 1. The van der Waals surface area contributed by atoms with Gasteiger partial charge in [0.2, 0.25) is 11.8 Å². The Labute approximate surface area is 162 Å². The predicted octanol–water partition coefficient (Wildman–Crippen LogP) is 3.16. The Kier molecular flexibility index (Phi) is 5.87. The van der Waals surface area contributed by atoms with Crippen LogP contribution in [0.2, 0.25) is 0 Å². The van der Waals surface area contributed by atoms with E-state index in [0.29, 0.717) is 18.5 Å². The van der Waals surface area contributed by atoms with E-state index in [9.17, 15) is 14.7 Å². The summed E-state index contributed by atoms with van der Waals surface area (Å²) in [6.07, 6.45) is 5.17. The van der Waals surface area contributed by atoms with Crippen LogP contribution in [0, 0.1) is 0 Å². The van der Waals surface area contributed by atoms with Gasteiger partial charge >= 0.3 is 0 Å². The number of hydrogen-bond donors (Lipinski definition) is 4. The summed E-state index contributed by atoms with van der Waals surface area (Å²) in [5, 5.41) is 19.3. The van der Waals surface area contributed by atoms with Crippen molar-refractivity contribution in [2.45, 2.75) is 69.6 Å². The summed E-state index contributed by atoms with van der Waals surface area (Å²) < 4.78 is 0.873. The molecule has 1 heterocycles. The number of amides is 2. The maximum absolute atomic E-state index is 12.6. The molecule has 3 rings (SSSR count). The van der Waals surface area contributed by atoms with E-state index in [1.165, 1.54) is 0 Å². The van der Waals surface area contributed by atoms with Crippen molar-refractivity contribution < 1.29 is 14.7 Å². The van der Waals surface area contributed by atoms with Gasteiger partial charge < -0.3 is 21.1 Å². The highest BCUT2D eigenvalue weighted by atomic mass is 79.9. The predicted molar refractivity (Wildman–Crippen MR) is 105 cm³/mol. The van der Waals surface area contributed by atoms with E-state index in [-0.39, 0.29) is 17.9 Å². The SMILES string of the molecule is C[C@]1(O)CC[C@@H](Nc2ccc(Br)cc2NC(=O)[C@@H]2CCCC(=O)N2)CC1. The minimum absolute atomic E-state index is 0.0711. The lowest BCUT2D eigenvalue weighted by atomic mass is 9.83. The molecule has 1 aromatic carbocycles. The van der Waals surface area contributed by atoms with E-state index in [4.69, 9.17) is 0 Å². The summed E-state index contributed by atoms with van der Waals surface area (Å²) in [4.78, 5) is 24.1. The fourth-order valence-corrected chi connectivity index (χ4v) is 3.93. The molecule has 1 aliphatic heterocycles. The molecule has 2 fully saturated rings. The largest absolute Gasteiger partial charge is 0.390 e. The molecule has 7 heteroatoms. The van der Waals surface area contributed by atoms with Crippen LogP contribution < -0.4 is 16.0 Å². The summed E-state index contributed by atoms with van der Waals surface area (Å²) >= 11 is 3.45. The highest BCUT2D eigenvalue weighted by Crippen LogP contribution is 2.32. The smallest absolute Gasteiger partial charge is 0.247 e. The second kappa shape index (κ2) is 7.96. The first-order valence-corrected chi connectivity index (χ1v) is 10.0. The molecule has 0 unspecified atom stereocenters. The molecule has 1 aromatic rings. The molecule has 0 bridgehead atoms. The van der Waals surface area contributed by atoms with E-state index >= 15 is 0 Å². The lowest BCUT2D eigenvalue weighted by Crippen LogP contribution is -2.46. The van der Waals surface area contributed by atoms with Crippen LogP contribution in [-0.4, -0.2) is 34.6 Å². The molecular weight excluding hydrogens is 398 g/mol. The Hall–Kier alpha value is -1.60. The monoisotopic (exact) mass is 423 g/mol. The lowest BCUT2D eigenvalue weighted by Gasteiger charge is -2.34. The van der Waals surface area contributed by atoms with Crippen LogP contribution in [0.25, 0.3) is 0 Å². The third kappa shape index (κ3) is 4.98. The van der Waals surface area contributed by atoms with Gasteiger partial charge in [0.25, 0.3) is 0 Å². The molecule has 0 aromatic heterocycles. The van der Waals surface area contributed by atoms with Crippen molar-refractivity contribution in [3.05, 3.63) is 22.7 Å². The number of anilines is 2. The Morgan fingerprint density at radius 1 is 1.27 bits per heavy atom. The van der Waals surface area contributed by atoms with Gasteiger partial charge in [-0.3, -0.25) is 9.59 Å². The first-order valence-electron chi connectivity index (χ1n) is 9.21. The number of nitrogens with one attached hydrogen (secondary N) is 3. The number of carbonyl (C=O) groups is 2. The number of hydrogen-bond acceptors (Lipinski definition) is 4. The zero-order valence-corrected chi connectivity index (χ0v) is 16.6. The van der Waals surface area contributed by atoms with E-state index in [1.807, 2.05) is 25.1 Å². The molecule has 26 heavy (non-hydrogen) atoms. The van der Waals surface area contributed by atoms with Gasteiger partial charge in [-0.15, -0.1) is 0 Å². The van der Waals surface area contributed by atoms with Crippen molar-refractivity contribution in [2.75, 3.05) is 10.6 Å². The van der Waals surface area contributed by atoms with Crippen LogP contribution in [0.1, 0.15) is 51.9 Å². The standard InChI is InChI=1S/C19H26BrN3O3/c1-19(26)9-7-13(8-10-19)21-14-6-5-12(20)11-16(14)23-18(25)15-3-2-4-17(24)22-15/h5-6,11,13,15,21,26H,2-4,7-10H2,1H3,(H,22,24)(H,23,25)/t13-,15-,19+/m0/s1. The van der Waals surface area contributed by atoms with Crippen molar-refractivity contribution in [1.29, 1.82) is 0 Å². The van der Waals surface area contributed by atoms with Gasteiger partial charge in [-0.25, -0.2) is 0 Å². The van der Waals surface area contributed by atoms with Crippen molar-refractivity contribution in [1.82, 2.24) is 5.32 Å². The van der Waals surface area contributed by atoms with Gasteiger partial charge in [0.05, 0.1) is 17.0 Å². The first-order chi connectivity index (χ1) is 12.3. The molecule has 1 saturated carbocycles.